The third-order valence-electron chi connectivity index (χ3n) is 3.67. The van der Waals surface area contributed by atoms with E-state index in [1.807, 2.05) is 12.1 Å². The van der Waals surface area contributed by atoms with Gasteiger partial charge in [0, 0.05) is 12.3 Å². The minimum atomic E-state index is 0.262. The number of rotatable bonds is 7. The third kappa shape index (κ3) is 5.66. The predicted molar refractivity (Wildman–Crippen MR) is 90.4 cm³/mol. The highest BCUT2D eigenvalue weighted by Crippen LogP contribution is 2.18. The normalized spacial score (nSPS) is 18.9. The molecule has 5 heteroatoms. The zero-order chi connectivity index (χ0) is 15.8. The van der Waals surface area contributed by atoms with Gasteiger partial charge in [0.2, 0.25) is 0 Å². The summed E-state index contributed by atoms with van der Waals surface area (Å²) in [5.41, 5.74) is 8.14. The van der Waals surface area contributed by atoms with Crippen molar-refractivity contribution in [3.8, 4) is 0 Å². The number of hydrogen-bond acceptors (Lipinski definition) is 3. The van der Waals surface area contributed by atoms with Crippen LogP contribution < -0.4 is 11.1 Å². The Labute approximate surface area is 132 Å². The second-order valence-corrected chi connectivity index (χ2v) is 5.88. The lowest BCUT2D eigenvalue weighted by atomic mass is 10.0. The molecule has 1 aliphatic heterocycles. The fourth-order valence-corrected chi connectivity index (χ4v) is 2.38. The molecule has 1 atom stereocenters. The second kappa shape index (κ2) is 8.76. The number of guanidine groups is 1. The summed E-state index contributed by atoms with van der Waals surface area (Å²) >= 11 is 0. The van der Waals surface area contributed by atoms with E-state index >= 15 is 0 Å². The molecule has 0 saturated carbocycles. The maximum Gasteiger partial charge on any atom is 0.193 e. The van der Waals surface area contributed by atoms with E-state index in [0.29, 0.717) is 31.6 Å². The Kier molecular flexibility index (Phi) is 6.68. The largest absolute Gasteiger partial charge is 0.377 e. The summed E-state index contributed by atoms with van der Waals surface area (Å²) in [4.78, 5) is 4.28. The first-order chi connectivity index (χ1) is 10.6. The molecule has 1 fully saturated rings. The molecule has 5 nitrogen and oxygen atoms in total. The van der Waals surface area contributed by atoms with E-state index in [1.165, 1.54) is 5.56 Å². The predicted octanol–water partition coefficient (Wildman–Crippen LogP) is 2.73. The fourth-order valence-electron chi connectivity index (χ4n) is 2.38. The Hall–Kier alpha value is -1.59. The van der Waals surface area contributed by atoms with Crippen LogP contribution in [0.25, 0.3) is 0 Å². The van der Waals surface area contributed by atoms with Gasteiger partial charge in [0.25, 0.3) is 0 Å². The number of aliphatic imine (C=N–C) groups is 1. The minimum Gasteiger partial charge on any atom is -0.377 e. The van der Waals surface area contributed by atoms with Crippen molar-refractivity contribution in [1.82, 2.24) is 0 Å². The Morgan fingerprint density at radius 3 is 3.09 bits per heavy atom. The van der Waals surface area contributed by atoms with Gasteiger partial charge >= 0.3 is 0 Å². The number of ether oxygens (including phenoxy) is 2. The molecule has 0 amide bonds. The van der Waals surface area contributed by atoms with Crippen LogP contribution in [0.5, 0.6) is 0 Å². The molecule has 0 aromatic heterocycles. The smallest absolute Gasteiger partial charge is 0.193 e. The van der Waals surface area contributed by atoms with Crippen molar-refractivity contribution in [1.29, 1.82) is 0 Å². The zero-order valence-electron chi connectivity index (χ0n) is 13.5. The van der Waals surface area contributed by atoms with Crippen molar-refractivity contribution in [2.24, 2.45) is 10.7 Å². The Balaban J connectivity index is 1.69. The fraction of sp³-hybridized carbons (Fsp3) is 0.588. The lowest BCUT2D eigenvalue weighted by molar-refractivity contribution is 0.0200. The lowest BCUT2D eigenvalue weighted by Gasteiger charge is -2.10. The Morgan fingerprint density at radius 2 is 2.36 bits per heavy atom. The van der Waals surface area contributed by atoms with E-state index in [2.05, 4.69) is 36.3 Å². The second-order valence-electron chi connectivity index (χ2n) is 5.88. The molecule has 1 saturated heterocycles. The van der Waals surface area contributed by atoms with Gasteiger partial charge < -0.3 is 20.5 Å². The number of benzene rings is 1. The van der Waals surface area contributed by atoms with Crippen LogP contribution in [0, 0.1) is 0 Å². The lowest BCUT2D eigenvalue weighted by Crippen LogP contribution is -2.23. The van der Waals surface area contributed by atoms with Gasteiger partial charge in [-0.05, 0) is 36.5 Å². The van der Waals surface area contributed by atoms with Crippen molar-refractivity contribution in [3.05, 3.63) is 29.8 Å². The number of anilines is 1. The summed E-state index contributed by atoms with van der Waals surface area (Å²) in [6.45, 7) is 6.96. The molecule has 22 heavy (non-hydrogen) atoms. The Bertz CT molecular complexity index is 483. The molecule has 1 aromatic rings. The summed E-state index contributed by atoms with van der Waals surface area (Å²) in [6, 6.07) is 8.22. The maximum absolute atomic E-state index is 5.89. The van der Waals surface area contributed by atoms with Crippen LogP contribution in [0.4, 0.5) is 5.69 Å². The van der Waals surface area contributed by atoms with Crippen molar-refractivity contribution in [3.63, 3.8) is 0 Å². The first kappa shape index (κ1) is 16.8. The molecule has 0 radical (unpaired) electrons. The van der Waals surface area contributed by atoms with Crippen molar-refractivity contribution < 1.29 is 9.47 Å². The zero-order valence-corrected chi connectivity index (χ0v) is 13.5. The van der Waals surface area contributed by atoms with Crippen molar-refractivity contribution in [2.45, 2.75) is 38.7 Å². The van der Waals surface area contributed by atoms with E-state index in [0.717, 1.165) is 25.1 Å². The van der Waals surface area contributed by atoms with E-state index in [9.17, 15) is 0 Å². The van der Waals surface area contributed by atoms with E-state index in [4.69, 9.17) is 15.2 Å². The van der Waals surface area contributed by atoms with E-state index < -0.39 is 0 Å². The highest BCUT2D eigenvalue weighted by molar-refractivity contribution is 5.92. The molecule has 0 aliphatic carbocycles. The molecule has 2 rings (SSSR count). The third-order valence-corrected chi connectivity index (χ3v) is 3.67. The van der Waals surface area contributed by atoms with Crippen molar-refractivity contribution >= 4 is 11.6 Å². The first-order valence-corrected chi connectivity index (χ1v) is 8.01. The van der Waals surface area contributed by atoms with Crippen LogP contribution in [0.3, 0.4) is 0 Å². The van der Waals surface area contributed by atoms with Gasteiger partial charge in [-0.2, -0.15) is 0 Å². The number of nitrogens with two attached hydrogens (primary N) is 1. The number of hydrogen-bond donors (Lipinski definition) is 2. The highest BCUT2D eigenvalue weighted by atomic mass is 16.5. The summed E-state index contributed by atoms with van der Waals surface area (Å²) in [6.07, 6.45) is 2.50. The average molecular weight is 305 g/mol. The molecule has 1 heterocycles. The summed E-state index contributed by atoms with van der Waals surface area (Å²) in [7, 11) is 0. The molecule has 1 aliphatic rings. The van der Waals surface area contributed by atoms with Gasteiger partial charge in [-0.15, -0.1) is 0 Å². The molecule has 122 valence electrons. The van der Waals surface area contributed by atoms with Gasteiger partial charge in [-0.25, -0.2) is 0 Å². The summed E-state index contributed by atoms with van der Waals surface area (Å²) < 4.78 is 11.0. The molecule has 0 bridgehead atoms. The van der Waals surface area contributed by atoms with Crippen LogP contribution in [0.15, 0.2) is 29.3 Å². The number of nitrogens with zero attached hydrogens (tertiary/aromatic N) is 1. The van der Waals surface area contributed by atoms with Crippen LogP contribution in [-0.2, 0) is 9.47 Å². The first-order valence-electron chi connectivity index (χ1n) is 8.01. The highest BCUT2D eigenvalue weighted by Gasteiger charge is 2.14. The standard InChI is InChI=1S/C17H27N3O2/c1-13(2)14-5-3-6-15(11-14)20-17(18)19-8-10-21-12-16-7-4-9-22-16/h3,5-6,11,13,16H,4,7-10,12H2,1-2H3,(H3,18,19,20). The number of nitrogens with one attached hydrogen (secondary N) is 1. The van der Waals surface area contributed by atoms with Crippen LogP contribution in [0.2, 0.25) is 0 Å². The topological polar surface area (TPSA) is 68.9 Å². The average Bonchev–Trinajstić information content (AvgIpc) is 3.00. The monoisotopic (exact) mass is 305 g/mol. The summed E-state index contributed by atoms with van der Waals surface area (Å²) in [5.74, 6) is 0.910. The minimum absolute atomic E-state index is 0.262. The molecular formula is C17H27N3O2. The van der Waals surface area contributed by atoms with E-state index in [1.54, 1.807) is 0 Å². The molecule has 1 aromatic carbocycles. The van der Waals surface area contributed by atoms with Gasteiger partial charge in [-0.1, -0.05) is 26.0 Å². The van der Waals surface area contributed by atoms with Gasteiger partial charge in [-0.3, -0.25) is 4.99 Å². The molecule has 1 unspecified atom stereocenters. The van der Waals surface area contributed by atoms with Gasteiger partial charge in [0.15, 0.2) is 5.96 Å². The quantitative estimate of drug-likeness (QED) is 0.462. The van der Waals surface area contributed by atoms with Gasteiger partial charge in [0.05, 0.1) is 25.9 Å². The van der Waals surface area contributed by atoms with Crippen LogP contribution in [0.1, 0.15) is 38.2 Å². The summed E-state index contributed by atoms with van der Waals surface area (Å²) in [5, 5.41) is 3.12. The van der Waals surface area contributed by atoms with Crippen LogP contribution >= 0.6 is 0 Å². The maximum atomic E-state index is 5.89. The Morgan fingerprint density at radius 1 is 1.50 bits per heavy atom. The van der Waals surface area contributed by atoms with Gasteiger partial charge in [0.1, 0.15) is 0 Å². The van der Waals surface area contributed by atoms with Crippen molar-refractivity contribution in [2.75, 3.05) is 31.7 Å². The SMILES string of the molecule is CC(C)c1cccc(NC(N)=NCCOCC2CCCO2)c1. The molecule has 0 spiro atoms. The van der Waals surface area contributed by atoms with E-state index in [-0.39, 0.29) is 6.10 Å². The molecular weight excluding hydrogens is 278 g/mol. The van der Waals surface area contributed by atoms with Crippen LogP contribution in [-0.4, -0.2) is 38.4 Å². The molecule has 3 N–H and O–H groups in total.